The van der Waals surface area contributed by atoms with Gasteiger partial charge in [0.2, 0.25) is 0 Å². The van der Waals surface area contributed by atoms with Crippen molar-refractivity contribution >= 4 is 11.8 Å². The largest absolute Gasteiger partial charge is 0.468 e. The monoisotopic (exact) mass is 222 g/mol. The molecule has 0 bridgehead atoms. The van der Waals surface area contributed by atoms with Crippen molar-refractivity contribution in [1.29, 1.82) is 0 Å². The smallest absolute Gasteiger partial charge is 0.316 e. The van der Waals surface area contributed by atoms with Crippen LogP contribution in [0.5, 0.6) is 0 Å². The van der Waals surface area contributed by atoms with Gasteiger partial charge in [0, 0.05) is 12.0 Å². The van der Waals surface area contributed by atoms with E-state index >= 15 is 0 Å². The third-order valence-electron chi connectivity index (χ3n) is 4.28. The van der Waals surface area contributed by atoms with Crippen LogP contribution in [-0.4, -0.2) is 18.9 Å². The summed E-state index contributed by atoms with van der Waals surface area (Å²) in [6, 6.07) is 0. The van der Waals surface area contributed by atoms with E-state index in [0.717, 1.165) is 24.8 Å². The zero-order chi connectivity index (χ0) is 11.9. The number of carbonyl (C=O) groups is 2. The topological polar surface area (TPSA) is 43.4 Å². The van der Waals surface area contributed by atoms with E-state index in [9.17, 15) is 9.59 Å². The zero-order valence-corrected chi connectivity index (χ0v) is 10.1. The average molecular weight is 222 g/mol. The van der Waals surface area contributed by atoms with Crippen molar-refractivity contribution in [2.75, 3.05) is 7.11 Å². The van der Waals surface area contributed by atoms with Gasteiger partial charge in [-0.2, -0.15) is 0 Å². The Hall–Kier alpha value is -1.12. The van der Waals surface area contributed by atoms with Crippen LogP contribution in [0.1, 0.15) is 39.5 Å². The number of Topliss-reactive ketones (excluding diaryl/α,β-unsaturated/α-hetero) is 1. The number of carbonyl (C=O) groups excluding carboxylic acids is 2. The molecular weight excluding hydrogens is 204 g/mol. The Morgan fingerprint density at radius 2 is 2.06 bits per heavy atom. The average Bonchev–Trinajstić information content (AvgIpc) is 2.65. The van der Waals surface area contributed by atoms with Crippen LogP contribution in [-0.2, 0) is 14.3 Å². The molecule has 0 saturated carbocycles. The lowest BCUT2D eigenvalue weighted by Gasteiger charge is -2.38. The standard InChI is InChI=1S/C13H18O3/c1-8-4-5-9-6-7-10(14)11(9)13(8,2)12(15)16-3/h8H,4-7H2,1-3H3/t8-,13-/m1/s1. The third-order valence-corrected chi connectivity index (χ3v) is 4.28. The Bertz CT molecular complexity index is 381. The number of ether oxygens (including phenoxy) is 1. The summed E-state index contributed by atoms with van der Waals surface area (Å²) in [5.74, 6) is 0.0673. The zero-order valence-electron chi connectivity index (χ0n) is 10.1. The van der Waals surface area contributed by atoms with Crippen molar-refractivity contribution in [1.82, 2.24) is 0 Å². The first-order chi connectivity index (χ1) is 7.51. The lowest BCUT2D eigenvalue weighted by atomic mass is 9.65. The second kappa shape index (κ2) is 3.72. The Morgan fingerprint density at radius 3 is 2.69 bits per heavy atom. The summed E-state index contributed by atoms with van der Waals surface area (Å²) in [6.07, 6.45) is 3.35. The van der Waals surface area contributed by atoms with Gasteiger partial charge in [-0.1, -0.05) is 12.5 Å². The van der Waals surface area contributed by atoms with Crippen LogP contribution in [0.4, 0.5) is 0 Å². The van der Waals surface area contributed by atoms with E-state index in [1.165, 1.54) is 12.7 Å². The van der Waals surface area contributed by atoms with Gasteiger partial charge < -0.3 is 4.74 Å². The molecule has 0 aromatic heterocycles. The van der Waals surface area contributed by atoms with Crippen LogP contribution in [0, 0.1) is 11.3 Å². The SMILES string of the molecule is COC(=O)[C@@]1(C)C2=C(CCC2=O)CC[C@H]1C. The van der Waals surface area contributed by atoms with Gasteiger partial charge in [0.15, 0.2) is 5.78 Å². The number of ketones is 1. The molecule has 0 unspecified atom stereocenters. The first-order valence-corrected chi connectivity index (χ1v) is 5.86. The minimum Gasteiger partial charge on any atom is -0.468 e. The maximum absolute atomic E-state index is 12.0. The van der Waals surface area contributed by atoms with E-state index < -0.39 is 5.41 Å². The molecule has 2 atom stereocenters. The van der Waals surface area contributed by atoms with E-state index in [2.05, 4.69) is 0 Å². The fourth-order valence-corrected chi connectivity index (χ4v) is 3.06. The maximum Gasteiger partial charge on any atom is 0.316 e. The normalized spacial score (nSPS) is 33.9. The fraction of sp³-hybridized carbons (Fsp3) is 0.692. The molecule has 0 radical (unpaired) electrons. The number of rotatable bonds is 1. The van der Waals surface area contributed by atoms with Gasteiger partial charge in [0.1, 0.15) is 0 Å². The van der Waals surface area contributed by atoms with E-state index in [4.69, 9.17) is 4.74 Å². The molecule has 2 rings (SSSR count). The molecule has 0 fully saturated rings. The summed E-state index contributed by atoms with van der Waals surface area (Å²) in [4.78, 5) is 23.9. The van der Waals surface area contributed by atoms with Crippen LogP contribution in [0.25, 0.3) is 0 Å². The van der Waals surface area contributed by atoms with Crippen LogP contribution in [0.15, 0.2) is 11.1 Å². The van der Waals surface area contributed by atoms with E-state index in [1.807, 2.05) is 13.8 Å². The van der Waals surface area contributed by atoms with E-state index in [0.29, 0.717) is 6.42 Å². The predicted octanol–water partition coefficient (Wildman–Crippen LogP) is 2.26. The molecule has 88 valence electrons. The van der Waals surface area contributed by atoms with E-state index in [1.54, 1.807) is 0 Å². The predicted molar refractivity (Wildman–Crippen MR) is 59.8 cm³/mol. The Labute approximate surface area is 95.9 Å². The number of allylic oxidation sites excluding steroid dienone is 1. The van der Waals surface area contributed by atoms with Gasteiger partial charge in [0.05, 0.1) is 12.5 Å². The number of methoxy groups -OCH3 is 1. The lowest BCUT2D eigenvalue weighted by molar-refractivity contribution is -0.153. The van der Waals surface area contributed by atoms with Crippen LogP contribution in [0.3, 0.4) is 0 Å². The Morgan fingerprint density at radius 1 is 1.38 bits per heavy atom. The van der Waals surface area contributed by atoms with Crippen molar-refractivity contribution in [2.45, 2.75) is 39.5 Å². The molecule has 0 amide bonds. The first-order valence-electron chi connectivity index (χ1n) is 5.86. The van der Waals surface area contributed by atoms with Crippen LogP contribution >= 0.6 is 0 Å². The minimum atomic E-state index is -0.712. The molecular formula is C13H18O3. The summed E-state index contributed by atoms with van der Waals surface area (Å²) in [5.41, 5.74) is 1.24. The van der Waals surface area contributed by atoms with Gasteiger partial charge >= 0.3 is 5.97 Å². The summed E-state index contributed by atoms with van der Waals surface area (Å²) in [7, 11) is 1.40. The molecule has 0 aromatic rings. The van der Waals surface area contributed by atoms with Crippen molar-refractivity contribution in [3.63, 3.8) is 0 Å². The van der Waals surface area contributed by atoms with E-state index in [-0.39, 0.29) is 17.7 Å². The molecule has 3 nitrogen and oxygen atoms in total. The Kier molecular flexibility index (Phi) is 2.64. The summed E-state index contributed by atoms with van der Waals surface area (Å²) in [5, 5.41) is 0. The fourth-order valence-electron chi connectivity index (χ4n) is 3.06. The molecule has 0 heterocycles. The van der Waals surface area contributed by atoms with Gasteiger partial charge in [-0.15, -0.1) is 0 Å². The van der Waals surface area contributed by atoms with Gasteiger partial charge in [-0.05, 0) is 32.1 Å². The Balaban J connectivity index is 2.51. The van der Waals surface area contributed by atoms with Gasteiger partial charge in [-0.3, -0.25) is 9.59 Å². The van der Waals surface area contributed by atoms with Gasteiger partial charge in [0.25, 0.3) is 0 Å². The van der Waals surface area contributed by atoms with Crippen LogP contribution in [0.2, 0.25) is 0 Å². The number of esters is 1. The second-order valence-electron chi connectivity index (χ2n) is 5.04. The van der Waals surface area contributed by atoms with Crippen molar-refractivity contribution in [2.24, 2.45) is 11.3 Å². The lowest BCUT2D eigenvalue weighted by Crippen LogP contribution is -2.41. The molecule has 0 N–H and O–H groups in total. The van der Waals surface area contributed by atoms with Crippen molar-refractivity contribution in [3.8, 4) is 0 Å². The van der Waals surface area contributed by atoms with Crippen LogP contribution < -0.4 is 0 Å². The summed E-state index contributed by atoms with van der Waals surface area (Å²) in [6.45, 7) is 3.90. The molecule has 0 saturated heterocycles. The molecule has 0 spiro atoms. The first kappa shape index (κ1) is 11.4. The van der Waals surface area contributed by atoms with Crippen molar-refractivity contribution < 1.29 is 14.3 Å². The molecule has 2 aliphatic rings. The minimum absolute atomic E-state index is 0.148. The number of hydrogen-bond donors (Lipinski definition) is 0. The number of hydrogen-bond acceptors (Lipinski definition) is 3. The third kappa shape index (κ3) is 1.34. The molecule has 2 aliphatic carbocycles. The quantitative estimate of drug-likeness (QED) is 0.639. The second-order valence-corrected chi connectivity index (χ2v) is 5.04. The van der Waals surface area contributed by atoms with Crippen molar-refractivity contribution in [3.05, 3.63) is 11.1 Å². The molecule has 16 heavy (non-hydrogen) atoms. The summed E-state index contributed by atoms with van der Waals surface area (Å²) < 4.78 is 4.89. The highest BCUT2D eigenvalue weighted by Crippen LogP contribution is 2.50. The highest BCUT2D eigenvalue weighted by atomic mass is 16.5. The molecule has 0 aromatic carbocycles. The highest BCUT2D eigenvalue weighted by molar-refractivity contribution is 6.05. The maximum atomic E-state index is 12.0. The van der Waals surface area contributed by atoms with Gasteiger partial charge in [-0.25, -0.2) is 0 Å². The summed E-state index contributed by atoms with van der Waals surface area (Å²) >= 11 is 0. The molecule has 0 aliphatic heterocycles. The molecule has 3 heteroatoms. The highest BCUT2D eigenvalue weighted by Gasteiger charge is 2.50.